The molecule has 0 fully saturated rings. The Balaban J connectivity index is 2.43. The minimum atomic E-state index is -0.487. The molecule has 0 saturated heterocycles. The molecule has 4 heteroatoms. The molecule has 0 aliphatic carbocycles. The molecule has 0 bridgehead atoms. The van der Waals surface area contributed by atoms with E-state index in [1.165, 1.54) is 6.92 Å². The fourth-order valence-corrected chi connectivity index (χ4v) is 1.19. The Kier molecular flexibility index (Phi) is 4.21. The molecule has 0 aliphatic heterocycles. The van der Waals surface area contributed by atoms with Gasteiger partial charge in [0.25, 0.3) is 0 Å². The van der Waals surface area contributed by atoms with Crippen LogP contribution in [0.1, 0.15) is 19.8 Å². The third-order valence-electron chi connectivity index (χ3n) is 1.95. The zero-order valence-corrected chi connectivity index (χ0v) is 8.52. The normalized spacial score (nSPS) is 10.1. The summed E-state index contributed by atoms with van der Waals surface area (Å²) in [5, 5.41) is 2.74. The van der Waals surface area contributed by atoms with Gasteiger partial charge in [-0.3, -0.25) is 0 Å². The molecule has 1 N–H and O–H groups in total. The Morgan fingerprint density at radius 3 is 2.80 bits per heavy atom. The van der Waals surface area contributed by atoms with E-state index in [4.69, 9.17) is 0 Å². The lowest BCUT2D eigenvalue weighted by Crippen LogP contribution is -2.05. The van der Waals surface area contributed by atoms with Gasteiger partial charge in [0, 0.05) is 13.0 Å². The first-order valence-electron chi connectivity index (χ1n) is 4.78. The summed E-state index contributed by atoms with van der Waals surface area (Å²) in [4.78, 5) is 10.6. The van der Waals surface area contributed by atoms with Crippen molar-refractivity contribution >= 4 is 11.5 Å². The van der Waals surface area contributed by atoms with Gasteiger partial charge in [0.2, 0.25) is 0 Å². The molecular formula is C11H13F2NO. The highest BCUT2D eigenvalue weighted by atomic mass is 19.1. The van der Waals surface area contributed by atoms with E-state index >= 15 is 0 Å². The number of carbonyl (C=O) groups is 1. The summed E-state index contributed by atoms with van der Waals surface area (Å²) in [6.45, 7) is 1.96. The average Bonchev–Trinajstić information content (AvgIpc) is 2.17. The Labute approximate surface area is 87.3 Å². The lowest BCUT2D eigenvalue weighted by Gasteiger charge is -2.06. The van der Waals surface area contributed by atoms with Crippen molar-refractivity contribution in [3.63, 3.8) is 0 Å². The van der Waals surface area contributed by atoms with E-state index in [9.17, 15) is 13.6 Å². The largest absolute Gasteiger partial charge is 0.383 e. The molecule has 0 aromatic heterocycles. The van der Waals surface area contributed by atoms with Crippen LogP contribution in [0, 0.1) is 11.6 Å². The summed E-state index contributed by atoms with van der Waals surface area (Å²) < 4.78 is 25.8. The molecule has 0 heterocycles. The van der Waals surface area contributed by atoms with Crippen LogP contribution in [0.3, 0.4) is 0 Å². The molecule has 0 atom stereocenters. The highest BCUT2D eigenvalue weighted by Gasteiger charge is 2.02. The number of Topliss-reactive ketones (excluding diaryl/α,β-unsaturated/α-hetero) is 1. The molecule has 0 spiro atoms. The summed E-state index contributed by atoms with van der Waals surface area (Å²) in [6, 6.07) is 3.24. The van der Waals surface area contributed by atoms with Gasteiger partial charge in [-0.25, -0.2) is 8.78 Å². The van der Waals surface area contributed by atoms with Crippen LogP contribution in [0.15, 0.2) is 18.2 Å². The van der Waals surface area contributed by atoms with E-state index in [1.54, 1.807) is 0 Å². The summed E-state index contributed by atoms with van der Waals surface area (Å²) in [6.07, 6.45) is 1.06. The molecule has 0 amide bonds. The summed E-state index contributed by atoms with van der Waals surface area (Å²) in [5.74, 6) is -0.874. The number of hydrogen-bond acceptors (Lipinski definition) is 2. The summed E-state index contributed by atoms with van der Waals surface area (Å²) in [7, 11) is 0. The maximum absolute atomic E-state index is 13.1. The number of halogens is 2. The number of nitrogens with one attached hydrogen (secondary N) is 1. The predicted molar refractivity (Wildman–Crippen MR) is 54.8 cm³/mol. The van der Waals surface area contributed by atoms with E-state index in [0.717, 1.165) is 18.2 Å². The van der Waals surface area contributed by atoms with Crippen molar-refractivity contribution < 1.29 is 13.6 Å². The Bertz CT molecular complexity index is 352. The third kappa shape index (κ3) is 4.06. The van der Waals surface area contributed by atoms with Crippen molar-refractivity contribution in [2.24, 2.45) is 0 Å². The smallest absolute Gasteiger partial charge is 0.146 e. The van der Waals surface area contributed by atoms with E-state index in [0.29, 0.717) is 19.4 Å². The first kappa shape index (κ1) is 11.6. The maximum atomic E-state index is 13.1. The Morgan fingerprint density at radius 1 is 1.40 bits per heavy atom. The lowest BCUT2D eigenvalue weighted by atomic mass is 10.2. The van der Waals surface area contributed by atoms with Gasteiger partial charge in [-0.15, -0.1) is 0 Å². The van der Waals surface area contributed by atoms with E-state index in [2.05, 4.69) is 5.32 Å². The van der Waals surface area contributed by atoms with E-state index < -0.39 is 11.6 Å². The highest BCUT2D eigenvalue weighted by molar-refractivity contribution is 5.75. The fourth-order valence-electron chi connectivity index (χ4n) is 1.19. The lowest BCUT2D eigenvalue weighted by molar-refractivity contribution is -0.117. The second-order valence-electron chi connectivity index (χ2n) is 3.36. The quantitative estimate of drug-likeness (QED) is 0.762. The van der Waals surface area contributed by atoms with Crippen LogP contribution in [-0.4, -0.2) is 12.3 Å². The third-order valence-corrected chi connectivity index (χ3v) is 1.95. The molecular weight excluding hydrogens is 200 g/mol. The molecule has 0 unspecified atom stereocenters. The van der Waals surface area contributed by atoms with Gasteiger partial charge in [-0.05, 0) is 31.5 Å². The zero-order chi connectivity index (χ0) is 11.3. The maximum Gasteiger partial charge on any atom is 0.146 e. The van der Waals surface area contributed by atoms with Crippen LogP contribution in [0.4, 0.5) is 14.5 Å². The van der Waals surface area contributed by atoms with Crippen molar-refractivity contribution in [2.45, 2.75) is 19.8 Å². The number of benzene rings is 1. The molecule has 1 aromatic carbocycles. The number of hydrogen-bond donors (Lipinski definition) is 1. The monoisotopic (exact) mass is 213 g/mol. The van der Waals surface area contributed by atoms with Crippen LogP contribution < -0.4 is 5.32 Å². The SMILES string of the molecule is CC(=O)CCCNc1cc(F)ccc1F. The second-order valence-corrected chi connectivity index (χ2v) is 3.36. The molecule has 1 aromatic rings. The zero-order valence-electron chi connectivity index (χ0n) is 8.52. The van der Waals surface area contributed by atoms with E-state index in [-0.39, 0.29) is 11.5 Å². The number of ketones is 1. The van der Waals surface area contributed by atoms with Gasteiger partial charge in [0.15, 0.2) is 0 Å². The standard InChI is InChI=1S/C11H13F2NO/c1-8(15)3-2-6-14-11-7-9(12)4-5-10(11)13/h4-5,7,14H,2-3,6H2,1H3. The van der Waals surface area contributed by atoms with Gasteiger partial charge in [-0.2, -0.15) is 0 Å². The van der Waals surface area contributed by atoms with Crippen LogP contribution in [0.5, 0.6) is 0 Å². The van der Waals surface area contributed by atoms with Crippen LogP contribution in [0.2, 0.25) is 0 Å². The highest BCUT2D eigenvalue weighted by Crippen LogP contribution is 2.15. The van der Waals surface area contributed by atoms with Crippen LogP contribution in [-0.2, 0) is 4.79 Å². The van der Waals surface area contributed by atoms with Gasteiger partial charge in [0.1, 0.15) is 17.4 Å². The van der Waals surface area contributed by atoms with Gasteiger partial charge >= 0.3 is 0 Å². The van der Waals surface area contributed by atoms with E-state index in [1.807, 2.05) is 0 Å². The number of carbonyl (C=O) groups excluding carboxylic acids is 1. The minimum Gasteiger partial charge on any atom is -0.383 e. The predicted octanol–water partition coefficient (Wildman–Crippen LogP) is 2.75. The first-order chi connectivity index (χ1) is 7.09. The Hall–Kier alpha value is -1.45. The number of rotatable bonds is 5. The van der Waals surface area contributed by atoms with Gasteiger partial charge in [0.05, 0.1) is 5.69 Å². The minimum absolute atomic E-state index is 0.0940. The second kappa shape index (κ2) is 5.44. The molecule has 2 nitrogen and oxygen atoms in total. The molecule has 0 radical (unpaired) electrons. The number of anilines is 1. The first-order valence-corrected chi connectivity index (χ1v) is 4.78. The Morgan fingerprint density at radius 2 is 2.13 bits per heavy atom. The molecule has 0 saturated carbocycles. The molecule has 1 rings (SSSR count). The molecule has 82 valence electrons. The summed E-state index contributed by atoms with van der Waals surface area (Å²) >= 11 is 0. The van der Waals surface area contributed by atoms with Crippen molar-refractivity contribution in [3.8, 4) is 0 Å². The average molecular weight is 213 g/mol. The molecule has 15 heavy (non-hydrogen) atoms. The van der Waals surface area contributed by atoms with Crippen molar-refractivity contribution in [1.29, 1.82) is 0 Å². The van der Waals surface area contributed by atoms with Crippen molar-refractivity contribution in [2.75, 3.05) is 11.9 Å². The van der Waals surface area contributed by atoms with Crippen molar-refractivity contribution in [3.05, 3.63) is 29.8 Å². The van der Waals surface area contributed by atoms with Crippen molar-refractivity contribution in [1.82, 2.24) is 0 Å². The fraction of sp³-hybridized carbons (Fsp3) is 0.364. The summed E-state index contributed by atoms with van der Waals surface area (Å²) in [5.41, 5.74) is 0.138. The van der Waals surface area contributed by atoms with Crippen LogP contribution in [0.25, 0.3) is 0 Å². The topological polar surface area (TPSA) is 29.1 Å². The van der Waals surface area contributed by atoms with Gasteiger partial charge < -0.3 is 10.1 Å². The molecule has 0 aliphatic rings. The van der Waals surface area contributed by atoms with Gasteiger partial charge in [-0.1, -0.05) is 0 Å². The van der Waals surface area contributed by atoms with Crippen LogP contribution >= 0.6 is 0 Å².